The van der Waals surface area contributed by atoms with E-state index in [9.17, 15) is 24.0 Å². The number of rotatable bonds is 21. The number of ether oxygens (including phenoxy) is 5. The quantitative estimate of drug-likeness (QED) is 0.103. The summed E-state index contributed by atoms with van der Waals surface area (Å²) < 4.78 is 27.8. The van der Waals surface area contributed by atoms with Gasteiger partial charge in [0.25, 0.3) is 0 Å². The fraction of sp³-hybridized carbons (Fsp3) is 0.686. The Labute approximate surface area is 273 Å². The van der Waals surface area contributed by atoms with Gasteiger partial charge in [-0.1, -0.05) is 108 Å². The number of hydrogen-bond donors (Lipinski definition) is 1. The van der Waals surface area contributed by atoms with Crippen LogP contribution < -0.4 is 5.32 Å². The molecule has 2 rings (SSSR count). The maximum absolute atomic E-state index is 13.1. The molecule has 258 valence electrons. The fourth-order valence-corrected chi connectivity index (χ4v) is 5.47. The average molecular weight is 648 g/mol. The van der Waals surface area contributed by atoms with E-state index in [4.69, 9.17) is 23.7 Å². The van der Waals surface area contributed by atoms with E-state index in [1.807, 2.05) is 6.07 Å². The summed E-state index contributed by atoms with van der Waals surface area (Å²) in [6, 6.07) is 7.71. The Hall–Kier alpha value is -3.47. The summed E-state index contributed by atoms with van der Waals surface area (Å²) in [4.78, 5) is 62.0. The molecule has 0 saturated carbocycles. The van der Waals surface area contributed by atoms with Crippen LogP contribution in [-0.4, -0.2) is 67.0 Å². The van der Waals surface area contributed by atoms with Gasteiger partial charge in [0, 0.05) is 27.2 Å². The van der Waals surface area contributed by atoms with E-state index >= 15 is 0 Å². The number of unbranched alkanes of at least 4 members (excludes halogenated alkanes) is 11. The zero-order chi connectivity index (χ0) is 33.7. The van der Waals surface area contributed by atoms with Crippen LogP contribution in [0.3, 0.4) is 0 Å². The predicted molar refractivity (Wildman–Crippen MR) is 170 cm³/mol. The molecule has 0 aromatic heterocycles. The van der Waals surface area contributed by atoms with E-state index in [2.05, 4.69) is 12.2 Å². The van der Waals surface area contributed by atoms with Gasteiger partial charge in [-0.25, -0.2) is 0 Å². The molecule has 5 atom stereocenters. The molecule has 1 saturated heterocycles. The van der Waals surface area contributed by atoms with Crippen molar-refractivity contribution in [3.05, 3.63) is 35.9 Å². The number of benzene rings is 1. The third kappa shape index (κ3) is 15.7. The molecule has 1 heterocycles. The Morgan fingerprint density at radius 3 is 1.78 bits per heavy atom. The van der Waals surface area contributed by atoms with E-state index in [0.29, 0.717) is 12.0 Å². The standard InChI is InChI=1S/C35H53NO10/c1-5-6-7-8-9-10-11-12-13-14-15-19-22-30(40)36-32-34(44-27(4)39)33(43-26(3)38)29(24-42-25(2)37)45-35(32)46-31(41)23-28-20-17-16-18-21-28/h16-18,20-21,29,32-35H,5-15,19,22-24H2,1-4H3,(H,36,40)/t29-,32-,33-,34-,35?/m1/s1. The summed E-state index contributed by atoms with van der Waals surface area (Å²) >= 11 is 0. The van der Waals surface area contributed by atoms with Crippen molar-refractivity contribution in [1.29, 1.82) is 0 Å². The third-order valence-electron chi connectivity index (χ3n) is 7.73. The van der Waals surface area contributed by atoms with Crippen molar-refractivity contribution in [2.45, 2.75) is 148 Å². The van der Waals surface area contributed by atoms with Crippen molar-refractivity contribution in [3.8, 4) is 0 Å². The van der Waals surface area contributed by atoms with E-state index in [1.54, 1.807) is 24.3 Å². The van der Waals surface area contributed by atoms with Gasteiger partial charge >= 0.3 is 23.9 Å². The van der Waals surface area contributed by atoms with Gasteiger partial charge in [-0.2, -0.15) is 0 Å². The summed E-state index contributed by atoms with van der Waals surface area (Å²) in [5.74, 6) is -3.06. The number of hydrogen-bond acceptors (Lipinski definition) is 10. The Balaban J connectivity index is 2.06. The minimum atomic E-state index is -1.43. The van der Waals surface area contributed by atoms with Gasteiger partial charge in [0.15, 0.2) is 12.2 Å². The summed E-state index contributed by atoms with van der Waals surface area (Å²) in [7, 11) is 0. The van der Waals surface area contributed by atoms with Crippen LogP contribution in [0.4, 0.5) is 0 Å². The molecule has 1 unspecified atom stereocenters. The molecule has 1 aromatic rings. The van der Waals surface area contributed by atoms with E-state index < -0.39 is 54.5 Å². The van der Waals surface area contributed by atoms with Gasteiger partial charge in [0.2, 0.25) is 12.2 Å². The molecule has 1 aliphatic heterocycles. The number of carbonyl (C=O) groups is 5. The molecule has 11 heteroatoms. The lowest BCUT2D eigenvalue weighted by molar-refractivity contribution is -0.271. The van der Waals surface area contributed by atoms with Crippen LogP contribution in [-0.2, 0) is 54.1 Å². The molecule has 0 aliphatic carbocycles. The second-order valence-corrected chi connectivity index (χ2v) is 11.9. The maximum Gasteiger partial charge on any atom is 0.312 e. The maximum atomic E-state index is 13.1. The van der Waals surface area contributed by atoms with E-state index in [0.717, 1.165) is 19.3 Å². The van der Waals surface area contributed by atoms with E-state index in [-0.39, 0.29) is 25.4 Å². The Morgan fingerprint density at radius 1 is 0.696 bits per heavy atom. The molecule has 46 heavy (non-hydrogen) atoms. The zero-order valence-corrected chi connectivity index (χ0v) is 28.0. The first-order chi connectivity index (χ1) is 22.1. The highest BCUT2D eigenvalue weighted by atomic mass is 16.7. The van der Waals surface area contributed by atoms with Gasteiger partial charge in [-0.3, -0.25) is 24.0 Å². The summed E-state index contributed by atoms with van der Waals surface area (Å²) in [6.45, 7) is 5.38. The second-order valence-electron chi connectivity index (χ2n) is 11.9. The number of carbonyl (C=O) groups excluding carboxylic acids is 5. The second kappa shape index (κ2) is 22.1. The highest BCUT2D eigenvalue weighted by Gasteiger charge is 2.52. The van der Waals surface area contributed by atoms with Gasteiger partial charge in [-0.15, -0.1) is 0 Å². The van der Waals surface area contributed by atoms with Crippen molar-refractivity contribution >= 4 is 29.8 Å². The normalized spacial score (nSPS) is 20.7. The molecule has 1 aliphatic rings. The van der Waals surface area contributed by atoms with Gasteiger partial charge < -0.3 is 29.0 Å². The summed E-state index contributed by atoms with van der Waals surface area (Å²) in [6.07, 6.45) is 8.84. The van der Waals surface area contributed by atoms with Crippen molar-refractivity contribution < 1.29 is 47.7 Å². The molecular weight excluding hydrogens is 594 g/mol. The lowest BCUT2D eigenvalue weighted by Gasteiger charge is -2.44. The highest BCUT2D eigenvalue weighted by Crippen LogP contribution is 2.28. The molecule has 1 amide bonds. The lowest BCUT2D eigenvalue weighted by atomic mass is 9.95. The van der Waals surface area contributed by atoms with Crippen LogP contribution in [0.25, 0.3) is 0 Å². The third-order valence-corrected chi connectivity index (χ3v) is 7.73. The first-order valence-electron chi connectivity index (χ1n) is 16.8. The minimum absolute atomic E-state index is 0.0829. The molecule has 11 nitrogen and oxygen atoms in total. The van der Waals surface area contributed by atoms with Crippen LogP contribution >= 0.6 is 0 Å². The molecular formula is C35H53NO10. The van der Waals surface area contributed by atoms with Crippen LogP contribution in [0.1, 0.15) is 117 Å². The summed E-state index contributed by atoms with van der Waals surface area (Å²) in [5, 5.41) is 2.80. The molecule has 1 N–H and O–H groups in total. The van der Waals surface area contributed by atoms with Crippen molar-refractivity contribution in [2.75, 3.05) is 6.61 Å². The van der Waals surface area contributed by atoms with Crippen molar-refractivity contribution in [1.82, 2.24) is 5.32 Å². The molecule has 0 bridgehead atoms. The fourth-order valence-electron chi connectivity index (χ4n) is 5.47. The Bertz CT molecular complexity index is 1080. The number of amides is 1. The topological polar surface area (TPSA) is 144 Å². The Kier molecular flexibility index (Phi) is 18.6. The number of nitrogens with one attached hydrogen (secondary N) is 1. The van der Waals surface area contributed by atoms with Crippen molar-refractivity contribution in [3.63, 3.8) is 0 Å². The van der Waals surface area contributed by atoms with E-state index in [1.165, 1.54) is 72.1 Å². The van der Waals surface area contributed by atoms with Gasteiger partial charge in [0.05, 0.1) is 6.42 Å². The average Bonchev–Trinajstić information content (AvgIpc) is 2.99. The first kappa shape index (κ1) is 38.7. The zero-order valence-electron chi connectivity index (χ0n) is 28.0. The minimum Gasteiger partial charge on any atom is -0.463 e. The lowest BCUT2D eigenvalue weighted by Crippen LogP contribution is -2.67. The summed E-state index contributed by atoms with van der Waals surface area (Å²) in [5.41, 5.74) is 0.696. The SMILES string of the molecule is CCCCCCCCCCCCCCC(=O)N[C@H]1C(OC(=O)Cc2ccccc2)O[C@H](COC(C)=O)[C@@H](OC(C)=O)[C@@H]1OC(C)=O. The molecule has 0 spiro atoms. The molecule has 1 fully saturated rings. The smallest absolute Gasteiger partial charge is 0.312 e. The molecule has 0 radical (unpaired) electrons. The first-order valence-corrected chi connectivity index (χ1v) is 16.8. The van der Waals surface area contributed by atoms with Crippen LogP contribution in [0, 0.1) is 0 Å². The van der Waals surface area contributed by atoms with Gasteiger partial charge in [0.1, 0.15) is 18.8 Å². The predicted octanol–water partition coefficient (Wildman–Crippen LogP) is 5.50. The molecule has 1 aromatic carbocycles. The highest BCUT2D eigenvalue weighted by molar-refractivity contribution is 5.77. The Morgan fingerprint density at radius 2 is 1.24 bits per heavy atom. The largest absolute Gasteiger partial charge is 0.463 e. The van der Waals surface area contributed by atoms with Crippen molar-refractivity contribution in [2.24, 2.45) is 0 Å². The van der Waals surface area contributed by atoms with Crippen LogP contribution in [0.2, 0.25) is 0 Å². The van der Waals surface area contributed by atoms with Crippen LogP contribution in [0.15, 0.2) is 30.3 Å². The monoisotopic (exact) mass is 647 g/mol. The van der Waals surface area contributed by atoms with Gasteiger partial charge in [-0.05, 0) is 12.0 Å². The van der Waals surface area contributed by atoms with Crippen LogP contribution in [0.5, 0.6) is 0 Å². The number of esters is 4.